The number of esters is 3. The summed E-state index contributed by atoms with van der Waals surface area (Å²) >= 11 is 0. The van der Waals surface area contributed by atoms with E-state index in [1.165, 1.54) is 103 Å². The molecule has 4 aliphatic carbocycles. The number of rotatable bonds is 36. The molecule has 0 radical (unpaired) electrons. The molecule has 0 aromatic heterocycles. The van der Waals surface area contributed by atoms with Gasteiger partial charge in [0.25, 0.3) is 0 Å². The Morgan fingerprint density at radius 3 is 1.50 bits per heavy atom. The average molecular weight is 788 g/mol. The minimum atomic E-state index is -0.0678. The average Bonchev–Trinajstić information content (AvgIpc) is 3.15. The van der Waals surface area contributed by atoms with Gasteiger partial charge in [0.2, 0.25) is 0 Å². The summed E-state index contributed by atoms with van der Waals surface area (Å²) in [5, 5.41) is 0. The summed E-state index contributed by atoms with van der Waals surface area (Å²) in [4.78, 5) is 39.8. The molecule has 7 heteroatoms. The predicted octanol–water partition coefficient (Wildman–Crippen LogP) is 13.0. The highest BCUT2D eigenvalue weighted by atomic mass is 16.5. The SMILES string of the molecule is CCCCCCC(CCCCCC)CCOC(=O)CCCCCCCC(CCCCCCCC(=O)OCC12CC3CC(CC(C3)C1)C2)OC(=O)CCCN(C)C. The summed E-state index contributed by atoms with van der Waals surface area (Å²) in [7, 11) is 4.07. The second kappa shape index (κ2) is 29.6. The molecule has 4 bridgehead atoms. The first kappa shape index (κ1) is 48.7. The van der Waals surface area contributed by atoms with Crippen molar-refractivity contribution in [3.05, 3.63) is 0 Å². The van der Waals surface area contributed by atoms with Gasteiger partial charge in [-0.2, -0.15) is 0 Å². The van der Waals surface area contributed by atoms with Crippen LogP contribution in [0.25, 0.3) is 0 Å². The van der Waals surface area contributed by atoms with Crippen molar-refractivity contribution in [2.75, 3.05) is 33.9 Å². The molecule has 326 valence electrons. The fourth-order valence-corrected chi connectivity index (χ4v) is 10.7. The van der Waals surface area contributed by atoms with Crippen LogP contribution in [0.2, 0.25) is 0 Å². The maximum absolute atomic E-state index is 12.7. The Morgan fingerprint density at radius 1 is 0.536 bits per heavy atom. The summed E-state index contributed by atoms with van der Waals surface area (Å²) < 4.78 is 17.6. The summed E-state index contributed by atoms with van der Waals surface area (Å²) in [6, 6.07) is 0. The number of unbranched alkanes of at least 4 members (excludes halogenated alkanes) is 14. The van der Waals surface area contributed by atoms with E-state index < -0.39 is 0 Å². The molecule has 4 aliphatic rings. The van der Waals surface area contributed by atoms with E-state index >= 15 is 0 Å². The minimum Gasteiger partial charge on any atom is -0.466 e. The Bertz CT molecular complexity index is 996. The van der Waals surface area contributed by atoms with E-state index in [4.69, 9.17) is 14.2 Å². The molecule has 1 atom stereocenters. The van der Waals surface area contributed by atoms with Crippen LogP contribution < -0.4 is 0 Å². The Kier molecular flexibility index (Phi) is 25.7. The zero-order chi connectivity index (χ0) is 40.3. The van der Waals surface area contributed by atoms with Gasteiger partial charge in [-0.25, -0.2) is 0 Å². The first-order chi connectivity index (χ1) is 27.2. The van der Waals surface area contributed by atoms with Gasteiger partial charge in [0.1, 0.15) is 6.10 Å². The highest BCUT2D eigenvalue weighted by Crippen LogP contribution is 2.60. The summed E-state index contributed by atoms with van der Waals surface area (Å²) in [6.45, 7) is 6.67. The van der Waals surface area contributed by atoms with Crippen molar-refractivity contribution in [3.8, 4) is 0 Å². The van der Waals surface area contributed by atoms with Crippen LogP contribution in [-0.4, -0.2) is 62.8 Å². The van der Waals surface area contributed by atoms with Crippen LogP contribution in [0, 0.1) is 29.1 Å². The molecule has 4 saturated carbocycles. The maximum atomic E-state index is 12.7. The molecule has 0 aromatic carbocycles. The van der Waals surface area contributed by atoms with Crippen molar-refractivity contribution < 1.29 is 28.6 Å². The fraction of sp³-hybridized carbons (Fsp3) is 0.939. The van der Waals surface area contributed by atoms with Gasteiger partial charge in [0.15, 0.2) is 0 Å². The van der Waals surface area contributed by atoms with Crippen LogP contribution in [-0.2, 0) is 28.6 Å². The Labute approximate surface area is 345 Å². The molecular weight excluding hydrogens is 699 g/mol. The zero-order valence-electron chi connectivity index (χ0n) is 37.2. The molecule has 0 amide bonds. The van der Waals surface area contributed by atoms with Crippen molar-refractivity contribution in [3.63, 3.8) is 0 Å². The summed E-state index contributed by atoms with van der Waals surface area (Å²) in [5.74, 6) is 3.27. The van der Waals surface area contributed by atoms with Gasteiger partial charge >= 0.3 is 17.9 Å². The van der Waals surface area contributed by atoms with Crippen LogP contribution >= 0.6 is 0 Å². The number of carbonyl (C=O) groups excluding carboxylic acids is 3. The van der Waals surface area contributed by atoms with Gasteiger partial charge in [-0.1, -0.05) is 117 Å². The van der Waals surface area contributed by atoms with E-state index in [-0.39, 0.29) is 24.0 Å². The van der Waals surface area contributed by atoms with Crippen molar-refractivity contribution in [2.24, 2.45) is 29.1 Å². The van der Waals surface area contributed by atoms with E-state index in [1.54, 1.807) is 0 Å². The number of carbonyl (C=O) groups is 3. The second-order valence-electron chi connectivity index (χ2n) is 19.3. The zero-order valence-corrected chi connectivity index (χ0v) is 37.2. The summed E-state index contributed by atoms with van der Waals surface area (Å²) in [5.41, 5.74) is 0.302. The van der Waals surface area contributed by atoms with Crippen molar-refractivity contribution in [2.45, 2.75) is 232 Å². The normalized spacial score (nSPS) is 21.9. The maximum Gasteiger partial charge on any atom is 0.306 e. The molecule has 0 aliphatic heterocycles. The van der Waals surface area contributed by atoms with Crippen molar-refractivity contribution in [1.82, 2.24) is 4.90 Å². The van der Waals surface area contributed by atoms with Gasteiger partial charge in [0, 0.05) is 24.7 Å². The van der Waals surface area contributed by atoms with Gasteiger partial charge in [-0.3, -0.25) is 14.4 Å². The van der Waals surface area contributed by atoms with Crippen LogP contribution in [0.15, 0.2) is 0 Å². The quantitative estimate of drug-likeness (QED) is 0.0355. The van der Waals surface area contributed by atoms with Gasteiger partial charge in [-0.05, 0) is 134 Å². The molecule has 0 saturated heterocycles. The Balaban J connectivity index is 1.22. The summed E-state index contributed by atoms with van der Waals surface area (Å²) in [6.07, 6.45) is 36.7. The highest BCUT2D eigenvalue weighted by molar-refractivity contribution is 5.70. The Hall–Kier alpha value is -1.63. The number of hydrogen-bond donors (Lipinski definition) is 0. The fourth-order valence-electron chi connectivity index (χ4n) is 10.7. The van der Waals surface area contributed by atoms with E-state index in [0.29, 0.717) is 43.8 Å². The highest BCUT2D eigenvalue weighted by Gasteiger charge is 2.51. The lowest BCUT2D eigenvalue weighted by Crippen LogP contribution is -2.48. The number of nitrogens with zero attached hydrogens (tertiary/aromatic N) is 1. The lowest BCUT2D eigenvalue weighted by atomic mass is 9.50. The third kappa shape index (κ3) is 21.9. The largest absolute Gasteiger partial charge is 0.466 e. The van der Waals surface area contributed by atoms with Crippen molar-refractivity contribution in [1.29, 1.82) is 0 Å². The molecule has 0 heterocycles. The molecule has 0 spiro atoms. The van der Waals surface area contributed by atoms with Crippen molar-refractivity contribution >= 4 is 17.9 Å². The molecule has 7 nitrogen and oxygen atoms in total. The van der Waals surface area contributed by atoms with Crippen LogP contribution in [0.5, 0.6) is 0 Å². The first-order valence-electron chi connectivity index (χ1n) is 24.4. The predicted molar refractivity (Wildman–Crippen MR) is 230 cm³/mol. The van der Waals surface area contributed by atoms with Crippen LogP contribution in [0.3, 0.4) is 0 Å². The molecule has 0 N–H and O–H groups in total. The van der Waals surface area contributed by atoms with Crippen LogP contribution in [0.1, 0.15) is 226 Å². The monoisotopic (exact) mass is 788 g/mol. The molecule has 4 rings (SSSR count). The van der Waals surface area contributed by atoms with E-state index in [2.05, 4.69) is 18.7 Å². The van der Waals surface area contributed by atoms with E-state index in [1.807, 2.05) is 14.1 Å². The van der Waals surface area contributed by atoms with Gasteiger partial charge in [0.05, 0.1) is 13.2 Å². The minimum absolute atomic E-state index is 0.00205. The molecular formula is C49H89NO6. The molecule has 0 aromatic rings. The molecule has 56 heavy (non-hydrogen) atoms. The topological polar surface area (TPSA) is 82.1 Å². The second-order valence-corrected chi connectivity index (χ2v) is 19.3. The molecule has 1 unspecified atom stereocenters. The van der Waals surface area contributed by atoms with E-state index in [9.17, 15) is 14.4 Å². The van der Waals surface area contributed by atoms with Gasteiger partial charge < -0.3 is 19.1 Å². The standard InChI is InChI=1S/C49H89NO6/c1-5-7-9-17-24-41(25-18-10-8-6-2)31-33-54-46(51)28-21-15-11-13-19-26-45(56-48(53)30-23-32-50(3)4)27-20-14-12-16-22-29-47(52)55-40-49-37-42-34-43(38-49)36-44(35-42)39-49/h41-45H,5-40H2,1-4H3. The smallest absolute Gasteiger partial charge is 0.306 e. The number of hydrogen-bond acceptors (Lipinski definition) is 7. The Morgan fingerprint density at radius 2 is 0.982 bits per heavy atom. The van der Waals surface area contributed by atoms with Gasteiger partial charge in [-0.15, -0.1) is 0 Å². The first-order valence-corrected chi connectivity index (χ1v) is 24.4. The van der Waals surface area contributed by atoms with Crippen LogP contribution in [0.4, 0.5) is 0 Å². The molecule has 4 fully saturated rings. The lowest BCUT2D eigenvalue weighted by molar-refractivity contribution is -0.155. The number of ether oxygens (including phenoxy) is 3. The van der Waals surface area contributed by atoms with E-state index in [0.717, 1.165) is 114 Å². The third-order valence-corrected chi connectivity index (χ3v) is 13.5. The lowest BCUT2D eigenvalue weighted by Gasteiger charge is -2.56. The third-order valence-electron chi connectivity index (χ3n) is 13.5.